The number of hydrogen-bond donors (Lipinski definition) is 21. The summed E-state index contributed by atoms with van der Waals surface area (Å²) >= 11 is 0. The Morgan fingerprint density at radius 1 is 0.484 bits per heavy atom. The molecule has 12 fully saturated rings. The Kier molecular flexibility index (Phi) is 30.1. The van der Waals surface area contributed by atoms with Crippen LogP contribution in [0.5, 0.6) is 0 Å². The number of fused-ring (bicyclic) bond motifs is 7. The molecule has 13 rings (SSSR count). The van der Waals surface area contributed by atoms with Crippen molar-refractivity contribution in [3.05, 3.63) is 36.0 Å². The largest absolute Gasteiger partial charge is 0.453 e. The molecule has 3 unspecified atom stereocenters. The van der Waals surface area contributed by atoms with Gasteiger partial charge < -0.3 is 188 Å². The van der Waals surface area contributed by atoms with Crippen molar-refractivity contribution in [3.8, 4) is 0 Å². The molecular weight excluding hydrogens is 1650 g/mol. The molecule has 13 aliphatic rings. The van der Waals surface area contributed by atoms with E-state index >= 15 is 4.79 Å². The van der Waals surface area contributed by atoms with Crippen LogP contribution < -0.4 is 0 Å². The zero-order valence-corrected chi connectivity index (χ0v) is 71.8. The molecule has 4 saturated carbocycles. The Morgan fingerprint density at radius 2 is 0.984 bits per heavy atom. The van der Waals surface area contributed by atoms with Gasteiger partial charge in [0.25, 0.3) is 0 Å². The van der Waals surface area contributed by atoms with Gasteiger partial charge in [0.15, 0.2) is 56.2 Å². The lowest BCUT2D eigenvalue weighted by atomic mass is 9.33. The van der Waals surface area contributed by atoms with Crippen molar-refractivity contribution in [1.82, 2.24) is 0 Å². The van der Waals surface area contributed by atoms with E-state index in [0.717, 1.165) is 5.57 Å². The van der Waals surface area contributed by atoms with E-state index in [2.05, 4.69) is 61.1 Å². The normalized spacial score (nSPS) is 51.5. The molecule has 710 valence electrons. The molecule has 8 aliphatic heterocycles. The van der Waals surface area contributed by atoms with Crippen LogP contribution in [0.3, 0.4) is 0 Å². The third-order valence-corrected chi connectivity index (χ3v) is 30.3. The van der Waals surface area contributed by atoms with E-state index in [4.69, 9.17) is 80.5 Å². The zero-order chi connectivity index (χ0) is 90.6. The summed E-state index contributed by atoms with van der Waals surface area (Å²) < 4.78 is 102. The highest BCUT2D eigenvalue weighted by Gasteiger charge is 2.73. The van der Waals surface area contributed by atoms with Gasteiger partial charge in [-0.2, -0.15) is 0 Å². The molecule has 124 heavy (non-hydrogen) atoms. The van der Waals surface area contributed by atoms with Gasteiger partial charge in [-0.25, -0.2) is 4.79 Å². The first-order chi connectivity index (χ1) is 58.1. The fraction of sp³-hybridized carbons (Fsp3) is 0.905. The lowest BCUT2D eigenvalue weighted by Gasteiger charge is -2.71. The van der Waals surface area contributed by atoms with Gasteiger partial charge in [0.1, 0.15) is 152 Å². The van der Waals surface area contributed by atoms with Gasteiger partial charge in [-0.3, -0.25) is 4.79 Å². The Hall–Kier alpha value is -3.28. The number of hydrogen-bond acceptors (Lipinski definition) is 40. The first kappa shape index (κ1) is 98.2. The van der Waals surface area contributed by atoms with E-state index in [0.29, 0.717) is 44.9 Å². The van der Waals surface area contributed by atoms with Crippen molar-refractivity contribution < 1.29 is 197 Å². The molecule has 0 aromatic carbocycles. The second-order valence-corrected chi connectivity index (χ2v) is 39.2. The van der Waals surface area contributed by atoms with E-state index in [1.807, 2.05) is 0 Å². The summed E-state index contributed by atoms with van der Waals surface area (Å²) in [6.07, 6.45) is -54.8. The highest BCUT2D eigenvalue weighted by Crippen LogP contribution is 2.76. The van der Waals surface area contributed by atoms with Crippen molar-refractivity contribution in [3.63, 3.8) is 0 Å². The number of esters is 2. The number of carbonyl (C=O) groups excluding carboxylic acids is 2. The number of carbonyl (C=O) groups is 2. The minimum atomic E-state index is -2.19. The Labute approximate surface area is 718 Å². The number of rotatable bonds is 24. The summed E-state index contributed by atoms with van der Waals surface area (Å²) in [6, 6.07) is 0. The SMILES string of the molecule is C=CC(C)(O)CC/C=C(\C)C(=O)O[C@@H]1[C@@H](O)[C@H](C)O[C@@H](OC[C@H]2O[C@@H](OC(=O)[C@]34CCC(C)(C)C[C@H]3C3=CCC5[C@@]6(C)CC[C@H](O[C@@H]7O[C@H](CO[C@@H]8OC[C@H](O)[C@H](O)[C@H]8O[C@@H]8OC[C@@H](O)[C@H](O)[C@H]8O)[C@@H](O)[C@H](O)[C@H]7O)C(C)(C)C6CC[C@@]5(C)[C@]3(C)C[C@H]4O)[C@H](O[C@@H]3O[C@@H](C)[C@H](O[C@@H]4OC[C@@H](O)[C@H](O[C@@H]5OC[C@@H](O)[C@H](O)[C@H]5O)[C@H]4O)[C@@H](O)[C@H]3O)[C@@H](O)[C@@H]2O)[C@@H]1O. The zero-order valence-electron chi connectivity index (χ0n) is 71.8. The smallest absolute Gasteiger partial charge is 0.333 e. The van der Waals surface area contributed by atoms with Gasteiger partial charge in [0, 0.05) is 5.57 Å². The van der Waals surface area contributed by atoms with Crippen LogP contribution in [0, 0.1) is 50.2 Å². The monoisotopic (exact) mass is 1780 g/mol. The standard InChI is InChI=1S/C84H134O40/c1-13-80(9,107)20-14-15-33(2)68(105)119-65-48(90)34(3)114-71(62(65)104)112-31-43-53(95)55(97)67(123-73-60(102)56(98)63(35(4)115-73)120-72-61(103)64(41(88)30-110-72)121-69-57(99)49(91)38(85)27-108-69)76(117-43)124-77(106)84-24-23-78(5,6)25-37(84)36-16-17-45-81(10)21-19-47(79(7,8)44(81)18-22-82(45,11)83(36,12)26-46(84)89)118-74-59(101)54(96)52(94)42(116-74)32-113-75-66(51(93)40(87)29-111-75)122-70-58(100)50(92)39(86)28-109-70/h13,15-16,34-35,37-67,69-76,85-104,107H,1,14,17-32H2,2-12H3/b33-15+/t34-,35-,37-,38+,39+,40-,41+,42+,43+,44?,45?,46+,47-,48-,49-,50-,51-,52+,53+,54-,55-,56-,57+,58+,59+,60+,61+,62+,63-,64-,65+,66+,67+,69-,70-,71+,72-,73-,74-,75-,76-,80?,81-,82+,83+,84+/m0/s1. The quantitative estimate of drug-likeness (QED) is 0.0186. The fourth-order valence-electron chi connectivity index (χ4n) is 22.2. The predicted octanol–water partition coefficient (Wildman–Crippen LogP) is -4.94. The highest BCUT2D eigenvalue weighted by atomic mass is 16.8. The summed E-state index contributed by atoms with van der Waals surface area (Å²) in [6.45, 7) is 21.1. The average molecular weight is 1780 g/mol. The molecule has 8 heterocycles. The van der Waals surface area contributed by atoms with Gasteiger partial charge in [-0.15, -0.1) is 6.58 Å². The van der Waals surface area contributed by atoms with Crippen molar-refractivity contribution in [1.29, 1.82) is 0 Å². The minimum absolute atomic E-state index is 0.0518. The Balaban J connectivity index is 0.731. The molecule has 5 aliphatic carbocycles. The molecular formula is C84H134O40. The van der Waals surface area contributed by atoms with Crippen LogP contribution >= 0.6 is 0 Å². The maximum atomic E-state index is 16.3. The molecule has 0 aromatic rings. The van der Waals surface area contributed by atoms with E-state index in [1.54, 1.807) is 6.92 Å². The third kappa shape index (κ3) is 18.6. The van der Waals surface area contributed by atoms with E-state index < -0.39 is 329 Å². The average Bonchev–Trinajstić information content (AvgIpc) is 0.669. The minimum Gasteiger partial charge on any atom is -0.453 e. The van der Waals surface area contributed by atoms with Gasteiger partial charge in [0.05, 0.1) is 69.7 Å². The Bertz CT molecular complexity index is 3690. The number of allylic oxidation sites excluding steroid dienone is 3. The maximum Gasteiger partial charge on any atom is 0.333 e. The third-order valence-electron chi connectivity index (χ3n) is 30.3. The molecule has 8 saturated heterocycles. The predicted molar refractivity (Wildman–Crippen MR) is 416 cm³/mol. The Morgan fingerprint density at radius 3 is 1.61 bits per heavy atom. The van der Waals surface area contributed by atoms with Crippen LogP contribution in [0.4, 0.5) is 0 Å². The number of aliphatic hydroxyl groups is 21. The molecule has 0 aromatic heterocycles. The molecule has 0 spiro atoms. The maximum absolute atomic E-state index is 16.3. The fourth-order valence-corrected chi connectivity index (χ4v) is 22.2. The van der Waals surface area contributed by atoms with Crippen molar-refractivity contribution in [2.75, 3.05) is 39.6 Å². The highest BCUT2D eigenvalue weighted by molar-refractivity contribution is 5.88. The molecule has 46 atom stereocenters. The first-order valence-electron chi connectivity index (χ1n) is 43.4. The molecule has 0 amide bonds. The lowest BCUT2D eigenvalue weighted by molar-refractivity contribution is -0.381. The topological polar surface area (TPSA) is 616 Å². The summed E-state index contributed by atoms with van der Waals surface area (Å²) in [4.78, 5) is 29.8. The van der Waals surface area contributed by atoms with Crippen LogP contribution in [-0.2, 0) is 90.1 Å². The van der Waals surface area contributed by atoms with Crippen LogP contribution in [0.2, 0.25) is 0 Å². The molecule has 0 bridgehead atoms. The summed E-state index contributed by atoms with van der Waals surface area (Å²) in [5.41, 5.74) is -4.88. The molecule has 40 heteroatoms. The second kappa shape index (κ2) is 38.0. The van der Waals surface area contributed by atoms with Gasteiger partial charge in [-0.1, -0.05) is 72.3 Å². The van der Waals surface area contributed by atoms with Crippen LogP contribution in [0.25, 0.3) is 0 Å². The van der Waals surface area contributed by atoms with Gasteiger partial charge >= 0.3 is 11.9 Å². The van der Waals surface area contributed by atoms with E-state index in [-0.39, 0.29) is 43.1 Å². The van der Waals surface area contributed by atoms with Gasteiger partial charge in [0.2, 0.25) is 6.29 Å². The molecule has 0 radical (unpaired) electrons. The first-order valence-corrected chi connectivity index (χ1v) is 43.4. The summed E-state index contributed by atoms with van der Waals surface area (Å²) in [5.74, 6) is -2.75. The van der Waals surface area contributed by atoms with E-state index in [9.17, 15) is 112 Å². The summed E-state index contributed by atoms with van der Waals surface area (Å²) in [5, 5.41) is 236. The molecule has 40 nitrogen and oxygen atoms in total. The van der Waals surface area contributed by atoms with Crippen LogP contribution in [0.1, 0.15) is 147 Å². The van der Waals surface area contributed by atoms with Crippen LogP contribution in [-0.4, -0.2) is 398 Å². The summed E-state index contributed by atoms with van der Waals surface area (Å²) in [7, 11) is 0. The molecule has 21 N–H and O–H groups in total. The van der Waals surface area contributed by atoms with Crippen molar-refractivity contribution >= 4 is 11.9 Å². The van der Waals surface area contributed by atoms with E-state index in [1.165, 1.54) is 32.9 Å². The van der Waals surface area contributed by atoms with Gasteiger partial charge in [-0.05, 0) is 143 Å². The van der Waals surface area contributed by atoms with Crippen molar-refractivity contribution in [2.45, 2.75) is 386 Å². The van der Waals surface area contributed by atoms with Crippen LogP contribution in [0.15, 0.2) is 36.0 Å². The second-order valence-electron chi connectivity index (χ2n) is 39.2. The number of aliphatic hydroxyl groups excluding tert-OH is 20. The van der Waals surface area contributed by atoms with Crippen molar-refractivity contribution in [2.24, 2.45) is 50.2 Å². The lowest BCUT2D eigenvalue weighted by Crippen LogP contribution is -2.69. The number of ether oxygens (including phenoxy) is 17.